The van der Waals surface area contributed by atoms with Crippen LogP contribution in [-0.4, -0.2) is 24.1 Å². The number of benzene rings is 1. The lowest BCUT2D eigenvalue weighted by Crippen LogP contribution is -2.51. The van der Waals surface area contributed by atoms with Crippen LogP contribution >= 0.6 is 43.5 Å². The molecule has 2 nitrogen and oxygen atoms in total. The van der Waals surface area contributed by atoms with Gasteiger partial charge in [-0.25, -0.2) is 4.39 Å². The second-order valence-electron chi connectivity index (χ2n) is 3.81. The normalized spacial score (nSPS) is 27.7. The summed E-state index contributed by atoms with van der Waals surface area (Å²) in [6.45, 7) is 0. The summed E-state index contributed by atoms with van der Waals surface area (Å²) in [7, 11) is 1.63. The zero-order chi connectivity index (χ0) is 12.6. The minimum absolute atomic E-state index is 0.0133. The summed E-state index contributed by atoms with van der Waals surface area (Å²) in [6, 6.07) is 2.76. The predicted octanol–water partition coefficient (Wildman–Crippen LogP) is 4.17. The van der Waals surface area contributed by atoms with Gasteiger partial charge in [0.25, 0.3) is 0 Å². The van der Waals surface area contributed by atoms with Crippen molar-refractivity contribution in [3.63, 3.8) is 0 Å². The highest BCUT2D eigenvalue weighted by Crippen LogP contribution is 2.37. The lowest BCUT2D eigenvalue weighted by molar-refractivity contribution is -0.0548. The molecule has 1 fully saturated rings. The monoisotopic (exact) mass is 386 g/mol. The molecule has 0 N–H and O–H groups in total. The van der Waals surface area contributed by atoms with E-state index in [4.69, 9.17) is 21.1 Å². The average molecular weight is 388 g/mol. The standard InChI is InChI=1S/C11H10Br2ClFO2/c1-16-11-6(13)3-10(11)17-9-4-8(15)7(14)2-5(9)12/h2,4,6,10-11H,3H2,1H3. The van der Waals surface area contributed by atoms with Crippen molar-refractivity contribution < 1.29 is 13.9 Å². The van der Waals surface area contributed by atoms with E-state index in [-0.39, 0.29) is 22.1 Å². The molecule has 1 aliphatic carbocycles. The largest absolute Gasteiger partial charge is 0.486 e. The molecule has 6 heteroatoms. The van der Waals surface area contributed by atoms with Gasteiger partial charge in [-0.15, -0.1) is 0 Å². The van der Waals surface area contributed by atoms with Crippen LogP contribution in [0.1, 0.15) is 6.42 Å². The van der Waals surface area contributed by atoms with Gasteiger partial charge < -0.3 is 9.47 Å². The molecule has 94 valence electrons. The zero-order valence-electron chi connectivity index (χ0n) is 8.92. The Morgan fingerprint density at radius 2 is 2.18 bits per heavy atom. The van der Waals surface area contributed by atoms with E-state index in [0.29, 0.717) is 10.2 Å². The zero-order valence-corrected chi connectivity index (χ0v) is 12.9. The fourth-order valence-electron chi connectivity index (χ4n) is 1.70. The van der Waals surface area contributed by atoms with E-state index in [9.17, 15) is 4.39 Å². The summed E-state index contributed by atoms with van der Waals surface area (Å²) in [5, 5.41) is 0.0690. The minimum Gasteiger partial charge on any atom is -0.486 e. The summed E-state index contributed by atoms with van der Waals surface area (Å²) in [5.41, 5.74) is 0. The van der Waals surface area contributed by atoms with Gasteiger partial charge in [-0.05, 0) is 22.0 Å². The summed E-state index contributed by atoms with van der Waals surface area (Å²) < 4.78 is 24.9. The summed E-state index contributed by atoms with van der Waals surface area (Å²) >= 11 is 12.4. The quantitative estimate of drug-likeness (QED) is 0.572. The van der Waals surface area contributed by atoms with E-state index >= 15 is 0 Å². The van der Waals surface area contributed by atoms with Crippen molar-refractivity contribution in [3.8, 4) is 5.75 Å². The first-order chi connectivity index (χ1) is 8.02. The molecule has 3 unspecified atom stereocenters. The van der Waals surface area contributed by atoms with Crippen LogP contribution in [0.2, 0.25) is 5.02 Å². The Bertz CT molecular complexity index is 430. The molecule has 1 aromatic rings. The van der Waals surface area contributed by atoms with Crippen LogP contribution < -0.4 is 4.74 Å². The van der Waals surface area contributed by atoms with Crippen molar-refractivity contribution in [2.75, 3.05) is 7.11 Å². The van der Waals surface area contributed by atoms with Gasteiger partial charge in [0.1, 0.15) is 23.8 Å². The van der Waals surface area contributed by atoms with Gasteiger partial charge in [0.05, 0.1) is 9.50 Å². The van der Waals surface area contributed by atoms with Crippen molar-refractivity contribution >= 4 is 43.5 Å². The third-order valence-electron chi connectivity index (χ3n) is 2.71. The molecule has 0 spiro atoms. The fourth-order valence-corrected chi connectivity index (χ4v) is 3.36. The van der Waals surface area contributed by atoms with E-state index < -0.39 is 5.82 Å². The number of halogens is 4. The average Bonchev–Trinajstić information content (AvgIpc) is 2.25. The van der Waals surface area contributed by atoms with Gasteiger partial charge in [-0.2, -0.15) is 0 Å². The molecule has 0 amide bonds. The second-order valence-corrected chi connectivity index (χ2v) is 6.24. The summed E-state index contributed by atoms with van der Waals surface area (Å²) in [4.78, 5) is 0.286. The number of ether oxygens (including phenoxy) is 2. The summed E-state index contributed by atoms with van der Waals surface area (Å²) in [5.74, 6) is -0.0492. The molecule has 2 rings (SSSR count). The molecule has 0 aliphatic heterocycles. The van der Waals surface area contributed by atoms with Crippen LogP contribution in [0.5, 0.6) is 5.75 Å². The van der Waals surface area contributed by atoms with Crippen LogP contribution in [0.15, 0.2) is 16.6 Å². The smallest absolute Gasteiger partial charge is 0.145 e. The van der Waals surface area contributed by atoms with E-state index in [0.717, 1.165) is 6.42 Å². The first-order valence-electron chi connectivity index (χ1n) is 5.01. The van der Waals surface area contributed by atoms with Crippen molar-refractivity contribution in [1.29, 1.82) is 0 Å². The van der Waals surface area contributed by atoms with Crippen LogP contribution in [0.25, 0.3) is 0 Å². The van der Waals surface area contributed by atoms with E-state index in [1.165, 1.54) is 12.1 Å². The molecular formula is C11H10Br2ClFO2. The van der Waals surface area contributed by atoms with Crippen molar-refractivity contribution in [3.05, 3.63) is 27.4 Å². The Balaban J connectivity index is 2.12. The molecule has 1 aliphatic rings. The fraction of sp³-hybridized carbons (Fsp3) is 0.455. The SMILES string of the molecule is COC1C(Br)CC1Oc1cc(F)c(Cl)cc1Br. The number of rotatable bonds is 3. The highest BCUT2D eigenvalue weighted by molar-refractivity contribution is 9.10. The van der Waals surface area contributed by atoms with Gasteiger partial charge in [0.15, 0.2) is 0 Å². The number of methoxy groups -OCH3 is 1. The Morgan fingerprint density at radius 1 is 1.47 bits per heavy atom. The van der Waals surface area contributed by atoms with E-state index in [1.54, 1.807) is 7.11 Å². The van der Waals surface area contributed by atoms with E-state index in [2.05, 4.69) is 31.9 Å². The molecule has 0 aromatic heterocycles. The first-order valence-corrected chi connectivity index (χ1v) is 7.09. The molecule has 0 saturated heterocycles. The van der Waals surface area contributed by atoms with Crippen LogP contribution in [0.3, 0.4) is 0 Å². The molecule has 0 radical (unpaired) electrons. The van der Waals surface area contributed by atoms with Crippen LogP contribution in [-0.2, 0) is 4.74 Å². The predicted molar refractivity (Wildman–Crippen MR) is 71.7 cm³/mol. The van der Waals surface area contributed by atoms with Gasteiger partial charge in [0.2, 0.25) is 0 Å². The Morgan fingerprint density at radius 3 is 2.76 bits per heavy atom. The Labute approximate surface area is 121 Å². The number of hydrogen-bond donors (Lipinski definition) is 0. The van der Waals surface area contributed by atoms with Gasteiger partial charge in [-0.3, -0.25) is 0 Å². The van der Waals surface area contributed by atoms with Crippen molar-refractivity contribution in [2.24, 2.45) is 0 Å². The van der Waals surface area contributed by atoms with Gasteiger partial charge in [0, 0.05) is 24.4 Å². The van der Waals surface area contributed by atoms with Gasteiger partial charge in [-0.1, -0.05) is 27.5 Å². The molecule has 1 saturated carbocycles. The van der Waals surface area contributed by atoms with Crippen molar-refractivity contribution in [2.45, 2.75) is 23.5 Å². The third-order valence-corrected chi connectivity index (χ3v) is 4.51. The maximum absolute atomic E-state index is 13.3. The van der Waals surface area contributed by atoms with Crippen LogP contribution in [0, 0.1) is 5.82 Å². The van der Waals surface area contributed by atoms with Crippen LogP contribution in [0.4, 0.5) is 4.39 Å². The Hall–Kier alpha value is 0.160. The van der Waals surface area contributed by atoms with E-state index in [1.807, 2.05) is 0 Å². The molecule has 0 bridgehead atoms. The number of hydrogen-bond acceptors (Lipinski definition) is 2. The Kier molecular flexibility index (Phi) is 4.34. The molecule has 0 heterocycles. The molecule has 1 aromatic carbocycles. The lowest BCUT2D eigenvalue weighted by atomic mass is 9.91. The molecule has 17 heavy (non-hydrogen) atoms. The lowest BCUT2D eigenvalue weighted by Gasteiger charge is -2.40. The third kappa shape index (κ3) is 2.78. The maximum atomic E-state index is 13.3. The first kappa shape index (κ1) is 13.6. The summed E-state index contributed by atoms with van der Waals surface area (Å²) in [6.07, 6.45) is 0.747. The topological polar surface area (TPSA) is 18.5 Å². The molecular weight excluding hydrogens is 378 g/mol. The van der Waals surface area contributed by atoms with Crippen molar-refractivity contribution in [1.82, 2.24) is 0 Å². The van der Waals surface area contributed by atoms with Gasteiger partial charge >= 0.3 is 0 Å². The highest BCUT2D eigenvalue weighted by Gasteiger charge is 2.42. The highest BCUT2D eigenvalue weighted by atomic mass is 79.9. The minimum atomic E-state index is -0.492. The second kappa shape index (κ2) is 5.43. The number of alkyl halides is 1. The maximum Gasteiger partial charge on any atom is 0.145 e. The molecule has 3 atom stereocenters.